The number of methoxy groups -OCH3 is 1. The summed E-state index contributed by atoms with van der Waals surface area (Å²) in [5.41, 5.74) is 7.09. The Kier molecular flexibility index (Phi) is 4.36. The zero-order chi connectivity index (χ0) is 17.6. The molecular formula is C22H29NO2. The van der Waals surface area contributed by atoms with Crippen LogP contribution in [0, 0.1) is 5.92 Å². The van der Waals surface area contributed by atoms with Gasteiger partial charge in [-0.1, -0.05) is 23.3 Å². The first-order valence-electron chi connectivity index (χ1n) is 9.55. The predicted molar refractivity (Wildman–Crippen MR) is 101 cm³/mol. The molecule has 2 heterocycles. The molecule has 1 atom stereocenters. The van der Waals surface area contributed by atoms with Gasteiger partial charge >= 0.3 is 0 Å². The Hall–Kier alpha value is -1.74. The minimum Gasteiger partial charge on any atom is -0.504 e. The third-order valence-electron chi connectivity index (χ3n) is 6.09. The predicted octanol–water partition coefficient (Wildman–Crippen LogP) is 4.59. The molecule has 1 aliphatic carbocycles. The number of ether oxygens (including phenoxy) is 1. The van der Waals surface area contributed by atoms with Gasteiger partial charge in [-0.3, -0.25) is 4.90 Å². The van der Waals surface area contributed by atoms with Crippen LogP contribution in [0.4, 0.5) is 0 Å². The van der Waals surface area contributed by atoms with E-state index in [9.17, 15) is 5.11 Å². The van der Waals surface area contributed by atoms with Crippen molar-refractivity contribution in [2.75, 3.05) is 13.7 Å². The van der Waals surface area contributed by atoms with Crippen molar-refractivity contribution in [3.05, 3.63) is 46.1 Å². The average Bonchev–Trinajstić information content (AvgIpc) is 3.40. The van der Waals surface area contributed by atoms with Gasteiger partial charge in [0.15, 0.2) is 11.5 Å². The van der Waals surface area contributed by atoms with E-state index in [-0.39, 0.29) is 5.75 Å². The Morgan fingerprint density at radius 2 is 2.16 bits per heavy atom. The van der Waals surface area contributed by atoms with Crippen molar-refractivity contribution in [1.82, 2.24) is 4.90 Å². The Bertz CT molecular complexity index is 743. The quantitative estimate of drug-likeness (QED) is 0.870. The second-order valence-corrected chi connectivity index (χ2v) is 8.07. The molecule has 4 rings (SSSR count). The molecular weight excluding hydrogens is 310 g/mol. The van der Waals surface area contributed by atoms with Crippen molar-refractivity contribution in [3.8, 4) is 11.5 Å². The van der Waals surface area contributed by atoms with E-state index < -0.39 is 0 Å². The van der Waals surface area contributed by atoms with Gasteiger partial charge in [0, 0.05) is 24.7 Å². The van der Waals surface area contributed by atoms with Gasteiger partial charge < -0.3 is 9.84 Å². The number of nitrogens with zero attached hydrogens (tertiary/aromatic N) is 1. The molecule has 0 amide bonds. The SMILES string of the molecule is COc1c(O)ccc2c1CN1CCC(C)=C(/C=C(\C)CC3CC3)C1C2. The molecule has 3 aliphatic rings. The molecule has 1 fully saturated rings. The van der Waals surface area contributed by atoms with Gasteiger partial charge in [0.1, 0.15) is 0 Å². The van der Waals surface area contributed by atoms with Gasteiger partial charge in [-0.2, -0.15) is 0 Å². The van der Waals surface area contributed by atoms with Gasteiger partial charge in [-0.15, -0.1) is 0 Å². The number of phenolic OH excluding ortho intramolecular Hbond substituents is 1. The van der Waals surface area contributed by atoms with Crippen LogP contribution in [0.5, 0.6) is 11.5 Å². The fourth-order valence-corrected chi connectivity index (χ4v) is 4.50. The van der Waals surface area contributed by atoms with E-state index in [4.69, 9.17) is 4.74 Å². The van der Waals surface area contributed by atoms with E-state index >= 15 is 0 Å². The Labute approximate surface area is 151 Å². The molecule has 1 N–H and O–H groups in total. The standard InChI is InChI=1S/C22H29NO2/c1-14(10-16-4-5-16)11-18-15(2)8-9-23-13-19-17(12-20(18)23)6-7-21(24)22(19)25-3/h6-7,11,16,20,24H,4-5,8-10,12-13H2,1-3H3/b14-11+. The molecule has 134 valence electrons. The highest BCUT2D eigenvalue weighted by atomic mass is 16.5. The Balaban J connectivity index is 1.65. The molecule has 1 aromatic carbocycles. The highest BCUT2D eigenvalue weighted by molar-refractivity contribution is 5.52. The molecule has 0 spiro atoms. The summed E-state index contributed by atoms with van der Waals surface area (Å²) in [7, 11) is 1.65. The lowest BCUT2D eigenvalue weighted by Crippen LogP contribution is -2.44. The third kappa shape index (κ3) is 3.22. The lowest BCUT2D eigenvalue weighted by Gasteiger charge is -2.42. The van der Waals surface area contributed by atoms with Crippen molar-refractivity contribution in [3.63, 3.8) is 0 Å². The molecule has 0 radical (unpaired) electrons. The van der Waals surface area contributed by atoms with Crippen LogP contribution in [0.3, 0.4) is 0 Å². The highest BCUT2D eigenvalue weighted by Gasteiger charge is 2.34. The van der Waals surface area contributed by atoms with Gasteiger partial charge in [0.2, 0.25) is 0 Å². The van der Waals surface area contributed by atoms with Crippen LogP contribution in [-0.4, -0.2) is 29.7 Å². The Morgan fingerprint density at radius 1 is 1.36 bits per heavy atom. The largest absolute Gasteiger partial charge is 0.504 e. The summed E-state index contributed by atoms with van der Waals surface area (Å²) in [6.45, 7) is 6.56. The summed E-state index contributed by atoms with van der Waals surface area (Å²) in [6.07, 6.45) is 8.71. The zero-order valence-electron chi connectivity index (χ0n) is 15.6. The summed E-state index contributed by atoms with van der Waals surface area (Å²) in [4.78, 5) is 2.56. The maximum atomic E-state index is 10.1. The van der Waals surface area contributed by atoms with Crippen LogP contribution in [-0.2, 0) is 13.0 Å². The van der Waals surface area contributed by atoms with Crippen LogP contribution in [0.2, 0.25) is 0 Å². The van der Waals surface area contributed by atoms with Crippen LogP contribution in [0.1, 0.15) is 50.7 Å². The van der Waals surface area contributed by atoms with Gasteiger partial charge in [-0.25, -0.2) is 0 Å². The van der Waals surface area contributed by atoms with Crippen LogP contribution in [0.15, 0.2) is 34.9 Å². The topological polar surface area (TPSA) is 32.7 Å². The molecule has 0 saturated heterocycles. The number of phenols is 1. The minimum atomic E-state index is 0.254. The Morgan fingerprint density at radius 3 is 2.88 bits per heavy atom. The normalized spacial score (nSPS) is 24.1. The molecule has 25 heavy (non-hydrogen) atoms. The molecule has 3 nitrogen and oxygen atoms in total. The fourth-order valence-electron chi connectivity index (χ4n) is 4.50. The van der Waals surface area contributed by atoms with E-state index in [2.05, 4.69) is 30.9 Å². The monoisotopic (exact) mass is 339 g/mol. The van der Waals surface area contributed by atoms with Crippen LogP contribution < -0.4 is 4.74 Å². The van der Waals surface area contributed by atoms with Crippen LogP contribution >= 0.6 is 0 Å². The second-order valence-electron chi connectivity index (χ2n) is 8.07. The number of hydrogen-bond donors (Lipinski definition) is 1. The first kappa shape index (κ1) is 16.7. The van der Waals surface area contributed by atoms with E-state index in [0.29, 0.717) is 11.8 Å². The number of hydrogen-bond acceptors (Lipinski definition) is 3. The number of allylic oxidation sites excluding steroid dienone is 1. The molecule has 3 heteroatoms. The second kappa shape index (κ2) is 6.53. The summed E-state index contributed by atoms with van der Waals surface area (Å²) >= 11 is 0. The van der Waals surface area contributed by atoms with Crippen molar-refractivity contribution in [2.24, 2.45) is 5.92 Å². The lowest BCUT2D eigenvalue weighted by molar-refractivity contribution is 0.183. The highest BCUT2D eigenvalue weighted by Crippen LogP contribution is 2.41. The van der Waals surface area contributed by atoms with Crippen molar-refractivity contribution in [1.29, 1.82) is 0 Å². The minimum absolute atomic E-state index is 0.254. The summed E-state index contributed by atoms with van der Waals surface area (Å²) < 4.78 is 5.49. The van der Waals surface area contributed by atoms with Gasteiger partial charge in [-0.05, 0) is 69.1 Å². The van der Waals surface area contributed by atoms with E-state index in [1.54, 1.807) is 18.7 Å². The van der Waals surface area contributed by atoms with Crippen molar-refractivity contribution in [2.45, 2.75) is 58.5 Å². The molecule has 0 bridgehead atoms. The maximum absolute atomic E-state index is 10.1. The fraction of sp³-hybridized carbons (Fsp3) is 0.545. The zero-order valence-corrected chi connectivity index (χ0v) is 15.6. The molecule has 1 saturated carbocycles. The van der Waals surface area contributed by atoms with Crippen molar-refractivity contribution < 1.29 is 9.84 Å². The molecule has 2 aliphatic heterocycles. The maximum Gasteiger partial charge on any atom is 0.165 e. The summed E-state index contributed by atoms with van der Waals surface area (Å²) in [5, 5.41) is 10.1. The van der Waals surface area contributed by atoms with Crippen LogP contribution in [0.25, 0.3) is 0 Å². The number of rotatable bonds is 4. The molecule has 0 aromatic heterocycles. The number of aromatic hydroxyl groups is 1. The summed E-state index contributed by atoms with van der Waals surface area (Å²) in [5.74, 6) is 1.85. The number of benzene rings is 1. The smallest absolute Gasteiger partial charge is 0.165 e. The number of fused-ring (bicyclic) bond motifs is 2. The molecule has 1 unspecified atom stereocenters. The van der Waals surface area contributed by atoms with E-state index in [0.717, 1.165) is 37.4 Å². The van der Waals surface area contributed by atoms with Crippen molar-refractivity contribution >= 4 is 0 Å². The third-order valence-corrected chi connectivity index (χ3v) is 6.09. The molecule has 1 aromatic rings. The summed E-state index contributed by atoms with van der Waals surface area (Å²) in [6, 6.07) is 4.32. The first-order chi connectivity index (χ1) is 12.1. The first-order valence-corrected chi connectivity index (χ1v) is 9.55. The average molecular weight is 339 g/mol. The van der Waals surface area contributed by atoms with E-state index in [1.165, 1.54) is 36.0 Å². The van der Waals surface area contributed by atoms with Gasteiger partial charge in [0.05, 0.1) is 7.11 Å². The lowest BCUT2D eigenvalue weighted by atomic mass is 9.83. The van der Waals surface area contributed by atoms with Gasteiger partial charge in [0.25, 0.3) is 0 Å². The van der Waals surface area contributed by atoms with E-state index in [1.807, 2.05) is 0 Å².